The van der Waals surface area contributed by atoms with Gasteiger partial charge in [-0.1, -0.05) is 0 Å². The van der Waals surface area contributed by atoms with E-state index in [9.17, 15) is 9.59 Å². The second-order valence-corrected chi connectivity index (χ2v) is 4.12. The number of pyridine rings is 1. The van der Waals surface area contributed by atoms with E-state index < -0.39 is 5.97 Å². The van der Waals surface area contributed by atoms with E-state index in [-0.39, 0.29) is 5.56 Å². The number of carbonyl (C=O) groups excluding carboxylic acids is 1. The molecule has 6 heteroatoms. The Balaban J connectivity index is 2.99. The first-order valence-corrected chi connectivity index (χ1v) is 5.95. The van der Waals surface area contributed by atoms with Crippen LogP contribution >= 0.6 is 15.9 Å². The molecule has 0 aromatic carbocycles. The van der Waals surface area contributed by atoms with Crippen LogP contribution < -0.4 is 5.56 Å². The van der Waals surface area contributed by atoms with Crippen molar-refractivity contribution in [2.24, 2.45) is 0 Å². The molecule has 0 aliphatic carbocycles. The molecule has 0 N–H and O–H groups in total. The van der Waals surface area contributed by atoms with Crippen LogP contribution in [0.3, 0.4) is 0 Å². The van der Waals surface area contributed by atoms with Crippen LogP contribution in [0.1, 0.15) is 17.3 Å². The second-order valence-electron chi connectivity index (χ2n) is 3.26. The van der Waals surface area contributed by atoms with Gasteiger partial charge in [-0.2, -0.15) is 0 Å². The first-order valence-electron chi connectivity index (χ1n) is 5.16. The monoisotopic (exact) mass is 303 g/mol. The van der Waals surface area contributed by atoms with E-state index in [0.717, 1.165) is 0 Å². The van der Waals surface area contributed by atoms with E-state index >= 15 is 0 Å². The lowest BCUT2D eigenvalue weighted by atomic mass is 10.3. The number of esters is 1. The zero-order valence-corrected chi connectivity index (χ0v) is 11.3. The van der Waals surface area contributed by atoms with E-state index in [1.54, 1.807) is 0 Å². The maximum absolute atomic E-state index is 11.7. The highest BCUT2D eigenvalue weighted by Crippen LogP contribution is 2.08. The van der Waals surface area contributed by atoms with Crippen LogP contribution in [0.5, 0.6) is 0 Å². The van der Waals surface area contributed by atoms with Gasteiger partial charge in [-0.25, -0.2) is 4.79 Å². The lowest BCUT2D eigenvalue weighted by Crippen LogP contribution is -2.24. The molecule has 0 radical (unpaired) electrons. The van der Waals surface area contributed by atoms with Crippen molar-refractivity contribution in [1.29, 1.82) is 0 Å². The van der Waals surface area contributed by atoms with Crippen molar-refractivity contribution in [1.82, 2.24) is 4.57 Å². The highest BCUT2D eigenvalue weighted by atomic mass is 79.9. The van der Waals surface area contributed by atoms with Crippen molar-refractivity contribution in [3.8, 4) is 0 Å². The SMILES string of the molecule is CCOCCn1cc(C(=O)OC)cc(Br)c1=O. The molecule has 5 nitrogen and oxygen atoms in total. The number of aromatic nitrogens is 1. The van der Waals surface area contributed by atoms with Crippen LogP contribution in [0.2, 0.25) is 0 Å². The van der Waals surface area contributed by atoms with Crippen LogP contribution in [0, 0.1) is 0 Å². The molecule has 0 spiro atoms. The Kier molecular flexibility index (Phi) is 5.37. The summed E-state index contributed by atoms with van der Waals surface area (Å²) in [4.78, 5) is 23.1. The number of halogens is 1. The fourth-order valence-corrected chi connectivity index (χ4v) is 1.78. The van der Waals surface area contributed by atoms with E-state index in [2.05, 4.69) is 20.7 Å². The normalized spacial score (nSPS) is 10.3. The number of hydrogen-bond acceptors (Lipinski definition) is 4. The van der Waals surface area contributed by atoms with Crippen LogP contribution in [-0.4, -0.2) is 30.9 Å². The number of methoxy groups -OCH3 is 1. The summed E-state index contributed by atoms with van der Waals surface area (Å²) in [5.74, 6) is -0.476. The predicted octanol–water partition coefficient (Wildman–Crippen LogP) is 1.43. The summed E-state index contributed by atoms with van der Waals surface area (Å²) >= 11 is 3.12. The van der Waals surface area contributed by atoms with Gasteiger partial charge in [0.15, 0.2) is 0 Å². The molecule has 0 saturated carbocycles. The fourth-order valence-electron chi connectivity index (χ4n) is 1.30. The van der Waals surface area contributed by atoms with Gasteiger partial charge in [-0.05, 0) is 28.9 Å². The first kappa shape index (κ1) is 13.9. The first-order chi connectivity index (χ1) is 8.10. The third kappa shape index (κ3) is 3.67. The molecule has 0 bridgehead atoms. The zero-order chi connectivity index (χ0) is 12.8. The third-order valence-electron chi connectivity index (χ3n) is 2.14. The van der Waals surface area contributed by atoms with Crippen molar-refractivity contribution >= 4 is 21.9 Å². The Morgan fingerprint density at radius 1 is 1.53 bits per heavy atom. The van der Waals surface area contributed by atoms with E-state index in [0.29, 0.717) is 29.8 Å². The summed E-state index contributed by atoms with van der Waals surface area (Å²) in [5.41, 5.74) is 0.132. The van der Waals surface area contributed by atoms with Crippen molar-refractivity contribution in [2.45, 2.75) is 13.5 Å². The molecule has 1 aromatic heterocycles. The highest BCUT2D eigenvalue weighted by molar-refractivity contribution is 9.10. The van der Waals surface area contributed by atoms with Gasteiger partial charge in [0.2, 0.25) is 0 Å². The summed E-state index contributed by atoms with van der Waals surface area (Å²) in [6.45, 7) is 3.29. The van der Waals surface area contributed by atoms with Gasteiger partial charge >= 0.3 is 5.97 Å². The molecular weight excluding hydrogens is 290 g/mol. The molecule has 0 aliphatic heterocycles. The van der Waals surface area contributed by atoms with E-state index in [4.69, 9.17) is 4.74 Å². The number of carbonyl (C=O) groups is 1. The molecule has 17 heavy (non-hydrogen) atoms. The number of ether oxygens (including phenoxy) is 2. The molecule has 0 unspecified atom stereocenters. The molecule has 0 aliphatic rings. The zero-order valence-electron chi connectivity index (χ0n) is 9.73. The Morgan fingerprint density at radius 3 is 2.82 bits per heavy atom. The van der Waals surface area contributed by atoms with Crippen molar-refractivity contribution < 1.29 is 14.3 Å². The minimum atomic E-state index is -0.476. The molecule has 0 fully saturated rings. The van der Waals surface area contributed by atoms with Gasteiger partial charge in [0.05, 0.1) is 23.8 Å². The Hall–Kier alpha value is -1.14. The molecule has 94 valence electrons. The average molecular weight is 304 g/mol. The maximum Gasteiger partial charge on any atom is 0.339 e. The molecule has 1 heterocycles. The molecule has 0 atom stereocenters. The van der Waals surface area contributed by atoms with E-state index in [1.165, 1.54) is 23.9 Å². The van der Waals surface area contributed by atoms with Crippen LogP contribution in [0.4, 0.5) is 0 Å². The summed E-state index contributed by atoms with van der Waals surface area (Å²) in [7, 11) is 1.30. The van der Waals surface area contributed by atoms with Crippen LogP contribution in [0.15, 0.2) is 21.5 Å². The molecule has 1 rings (SSSR count). The second kappa shape index (κ2) is 6.56. The van der Waals surface area contributed by atoms with Gasteiger partial charge in [-0.3, -0.25) is 4.79 Å². The molecule has 0 saturated heterocycles. The standard InChI is InChI=1S/C11H14BrNO4/c1-3-17-5-4-13-7-8(11(15)16-2)6-9(12)10(13)14/h6-7H,3-5H2,1-2H3. The number of nitrogens with zero attached hydrogens (tertiary/aromatic N) is 1. The summed E-state index contributed by atoms with van der Waals surface area (Å²) in [6.07, 6.45) is 1.47. The number of rotatable bonds is 5. The lowest BCUT2D eigenvalue weighted by molar-refractivity contribution is 0.0599. The molecular formula is C11H14BrNO4. The largest absolute Gasteiger partial charge is 0.465 e. The Bertz CT molecular complexity index is 455. The fraction of sp³-hybridized carbons (Fsp3) is 0.455. The summed E-state index contributed by atoms with van der Waals surface area (Å²) < 4.78 is 11.5. The van der Waals surface area contributed by atoms with Crippen molar-refractivity contribution in [3.63, 3.8) is 0 Å². The summed E-state index contributed by atoms with van der Waals surface area (Å²) in [5, 5.41) is 0. The van der Waals surface area contributed by atoms with Gasteiger partial charge in [0, 0.05) is 19.3 Å². The van der Waals surface area contributed by atoms with Crippen molar-refractivity contribution in [3.05, 3.63) is 32.7 Å². The van der Waals surface area contributed by atoms with E-state index in [1.807, 2.05) is 6.92 Å². The molecule has 1 aromatic rings. The third-order valence-corrected chi connectivity index (χ3v) is 2.71. The minimum absolute atomic E-state index is 0.197. The van der Waals surface area contributed by atoms with Gasteiger partial charge in [-0.15, -0.1) is 0 Å². The van der Waals surface area contributed by atoms with Crippen LogP contribution in [-0.2, 0) is 16.0 Å². The molecule has 0 amide bonds. The van der Waals surface area contributed by atoms with Gasteiger partial charge < -0.3 is 14.0 Å². The Morgan fingerprint density at radius 2 is 2.24 bits per heavy atom. The topological polar surface area (TPSA) is 57.5 Å². The summed E-state index contributed by atoms with van der Waals surface area (Å²) in [6, 6.07) is 1.45. The highest BCUT2D eigenvalue weighted by Gasteiger charge is 2.10. The van der Waals surface area contributed by atoms with Crippen molar-refractivity contribution in [2.75, 3.05) is 20.3 Å². The lowest BCUT2D eigenvalue weighted by Gasteiger charge is -2.08. The average Bonchev–Trinajstić information content (AvgIpc) is 2.33. The van der Waals surface area contributed by atoms with Gasteiger partial charge in [0.25, 0.3) is 5.56 Å². The Labute approximate surface area is 107 Å². The smallest absolute Gasteiger partial charge is 0.339 e. The maximum atomic E-state index is 11.7. The minimum Gasteiger partial charge on any atom is -0.465 e. The van der Waals surface area contributed by atoms with Crippen LogP contribution in [0.25, 0.3) is 0 Å². The predicted molar refractivity (Wildman–Crippen MR) is 66.2 cm³/mol. The number of hydrogen-bond donors (Lipinski definition) is 0. The van der Waals surface area contributed by atoms with Gasteiger partial charge in [0.1, 0.15) is 0 Å². The quantitative estimate of drug-likeness (QED) is 0.610.